The third kappa shape index (κ3) is 1570000. The highest BCUT2D eigenvalue weighted by Gasteiger charge is 1.65. The average molecular weight is 660 g/mol. The van der Waals surface area contributed by atoms with E-state index in [0.29, 0.717) is 0 Å². The van der Waals surface area contributed by atoms with E-state index in [1.54, 1.807) is 0 Å². The van der Waals surface area contributed by atoms with Gasteiger partial charge in [0.25, 0.3) is 0 Å². The summed E-state index contributed by atoms with van der Waals surface area (Å²) < 4.78 is 43.3. The maximum absolute atomic E-state index is 8.66. The maximum atomic E-state index is 8.66. The smallest absolute Gasteiger partial charge is 0.0557 e. The molecule has 0 radical (unpaired) electrons. The summed E-state index contributed by atoms with van der Waals surface area (Å²) in [5.74, 6) is 0. The Kier molecular flexibility index (Phi) is 119. The first kappa shape index (κ1) is 101. The van der Waals surface area contributed by atoms with E-state index in [1.165, 1.54) is 0 Å². The first-order valence-electron chi connectivity index (χ1n) is 3.74. The predicted molar refractivity (Wildman–Crippen MR) is 109 cm³/mol. The molecule has 0 aliphatic carbocycles. The van der Waals surface area contributed by atoms with Crippen LogP contribution >= 0.6 is 39.1 Å². The fraction of sp³-hybridized carbons (Fsp3) is 0. The van der Waals surface area contributed by atoms with Gasteiger partial charge in [0.15, 0.2) is 0 Å². The number of rotatable bonds is 0. The molecule has 35 heteroatoms. The quantitative estimate of drug-likeness (QED) is 0.107. The molecule has 0 spiro atoms. The molecular weight excluding hydrogens is 615 g/mol. The minimum Gasteiger partial charge on any atom is -0.790 e. The Morgan fingerprint density at radius 2 is 0.257 bits per heavy atom. The molecule has 0 aliphatic heterocycles. The van der Waals surface area contributed by atoms with Gasteiger partial charge >= 0.3 is 0 Å². The molecule has 0 unspecified atom stereocenters. The minimum atomic E-state index is -5.14. The second-order valence-corrected chi connectivity index (χ2v) is 7.03. The first-order chi connectivity index (χ1) is 10.0. The lowest BCUT2D eigenvalue weighted by molar-refractivity contribution is -0.339. The van der Waals surface area contributed by atoms with Crippen molar-refractivity contribution in [3.05, 3.63) is 0 Å². The molecule has 0 saturated carbocycles. The molecule has 0 heterocycles. The molecule has 0 aromatic carbocycles. The highest BCUT2D eigenvalue weighted by molar-refractivity contribution is 7.42. The van der Waals surface area contributed by atoms with Gasteiger partial charge in [0.2, 0.25) is 0 Å². The molecule has 0 aromatic rings. The van der Waals surface area contributed by atoms with Crippen LogP contribution in [0.1, 0.15) is 0 Å². The summed E-state index contributed by atoms with van der Waals surface area (Å²) in [5.41, 5.74) is 0. The fourth-order valence-corrected chi connectivity index (χ4v) is 0. The Labute approximate surface area is 197 Å². The minimum absolute atomic E-state index is 0. The Bertz CT molecular complexity index is 395. The maximum Gasteiger partial charge on any atom is 0.0557 e. The van der Waals surface area contributed by atoms with Crippen LogP contribution in [0.2, 0.25) is 0 Å². The molecule has 240 valence electrons. The van der Waals surface area contributed by atoms with Gasteiger partial charge in [0, 0.05) is 0 Å². The van der Waals surface area contributed by atoms with E-state index in [4.69, 9.17) is 96.2 Å². The molecule has 0 rings (SSSR count). The van der Waals surface area contributed by atoms with Crippen molar-refractivity contribution in [2.24, 2.45) is 0 Å². The summed E-state index contributed by atoms with van der Waals surface area (Å²) in [7, 11) is -25.7. The van der Waals surface area contributed by atoms with Crippen LogP contribution in [0.4, 0.5) is 0 Å². The number of quaternary nitrogens is 10. The molecule has 0 aliphatic rings. The summed E-state index contributed by atoms with van der Waals surface area (Å²) in [5, 5.41) is 0. The normalized spacial score (nSPS) is 8.43. The van der Waals surface area contributed by atoms with Gasteiger partial charge in [-0.05, 0) is 0 Å². The zero-order valence-corrected chi connectivity index (χ0v) is 25.1. The van der Waals surface area contributed by atoms with E-state index in [2.05, 4.69) is 0 Å². The Hall–Kier alpha value is 0.150. The second-order valence-electron chi connectivity index (χ2n) is 2.34. The molecule has 0 atom stereocenters. The SMILES string of the molecule is O=P([O-])([O-])O.O=P([O-])([O-])O.O=P([O-])([O-])O.O=P([O-])([O-])O.O=P([O-])([O-])O.[NH4+].[NH4+].[NH4+].[NH4+].[NH4+].[NH4+].[NH4+].[NH4+].[NH4+].[NH4+]. The molecule has 0 saturated heterocycles. The van der Waals surface area contributed by atoms with E-state index in [-0.39, 0.29) is 61.5 Å². The van der Waals surface area contributed by atoms with Crippen LogP contribution in [-0.4, -0.2) is 24.5 Å². The summed E-state index contributed by atoms with van der Waals surface area (Å²) >= 11 is 0. The molecule has 0 aromatic heterocycles. The van der Waals surface area contributed by atoms with Crippen LogP contribution in [0.15, 0.2) is 0 Å². The van der Waals surface area contributed by atoms with Crippen LogP contribution in [-0.2, 0) is 22.8 Å². The van der Waals surface area contributed by atoms with Crippen LogP contribution < -0.4 is 110 Å². The Morgan fingerprint density at radius 1 is 0.257 bits per heavy atom. The lowest BCUT2D eigenvalue weighted by Gasteiger charge is -2.19. The number of hydrogen-bond acceptors (Lipinski definition) is 15. The molecule has 0 bridgehead atoms. The molecule has 0 fully saturated rings. The van der Waals surface area contributed by atoms with Gasteiger partial charge in [-0.25, -0.2) is 0 Å². The van der Waals surface area contributed by atoms with E-state index >= 15 is 0 Å². The third-order valence-electron chi connectivity index (χ3n) is 0. The highest BCUT2D eigenvalue weighted by Crippen LogP contribution is 2.13. The predicted octanol–water partition coefficient (Wildman–Crippen LogP) is -7.20. The molecule has 45 N–H and O–H groups in total. The average Bonchev–Trinajstić information content (AvgIpc) is 1.79. The van der Waals surface area contributed by atoms with Gasteiger partial charge in [0.05, 0.1) is 39.1 Å². The van der Waals surface area contributed by atoms with Crippen LogP contribution in [0.5, 0.6) is 0 Å². The third-order valence-corrected chi connectivity index (χ3v) is 0. The molecule has 30 nitrogen and oxygen atoms in total. The summed E-state index contributed by atoms with van der Waals surface area (Å²) in [4.78, 5) is 121. The summed E-state index contributed by atoms with van der Waals surface area (Å²) in [6, 6.07) is 0. The van der Waals surface area contributed by atoms with Crippen LogP contribution in [0.3, 0.4) is 0 Å². The van der Waals surface area contributed by atoms with E-state index in [9.17, 15) is 0 Å². The number of phosphoric acid groups is 5. The van der Waals surface area contributed by atoms with Crippen molar-refractivity contribution in [2.45, 2.75) is 0 Å². The fourth-order valence-electron chi connectivity index (χ4n) is 0. The van der Waals surface area contributed by atoms with Crippen molar-refractivity contribution < 1.29 is 96.2 Å². The van der Waals surface area contributed by atoms with Crippen molar-refractivity contribution in [3.8, 4) is 0 Å². The molecular formula is H45N10O20P5. The Morgan fingerprint density at radius 3 is 0.257 bits per heavy atom. The van der Waals surface area contributed by atoms with Gasteiger partial charge in [0.1, 0.15) is 0 Å². The second kappa shape index (κ2) is 41.3. The largest absolute Gasteiger partial charge is 0.790 e. The first-order valence-corrected chi connectivity index (χ1v) is 11.2. The van der Waals surface area contributed by atoms with E-state index in [0.717, 1.165) is 0 Å². The van der Waals surface area contributed by atoms with E-state index < -0.39 is 39.1 Å². The topological polar surface area (TPSA) is 782 Å². The van der Waals surface area contributed by atoms with Gasteiger partial charge in [-0.3, -0.25) is 0 Å². The van der Waals surface area contributed by atoms with Gasteiger partial charge in [-0.15, -0.1) is 0 Å². The lowest BCUT2D eigenvalue weighted by Crippen LogP contribution is -2.11. The Balaban J connectivity index is -0.0000000103. The van der Waals surface area contributed by atoms with Gasteiger partial charge < -0.3 is 158 Å². The monoisotopic (exact) mass is 660 g/mol. The summed E-state index contributed by atoms with van der Waals surface area (Å²) in [6.45, 7) is 0. The van der Waals surface area contributed by atoms with Crippen LogP contribution in [0, 0.1) is 0 Å². The van der Waals surface area contributed by atoms with Crippen molar-refractivity contribution >= 4 is 39.1 Å². The van der Waals surface area contributed by atoms with Crippen molar-refractivity contribution in [1.29, 1.82) is 0 Å². The van der Waals surface area contributed by atoms with Crippen molar-refractivity contribution in [2.75, 3.05) is 0 Å². The standard InChI is InChI=1S/10H3N.5H3O4P/c;;;;;;;;;;5*1-5(2,3)4/h10*1H3;5*(H3,1,2,3,4). The van der Waals surface area contributed by atoms with Crippen molar-refractivity contribution in [1.82, 2.24) is 61.5 Å². The molecule has 0 amide bonds. The van der Waals surface area contributed by atoms with Gasteiger partial charge in [-0.2, -0.15) is 0 Å². The number of hydrogen-bond donors (Lipinski definition) is 15. The van der Waals surface area contributed by atoms with Gasteiger partial charge in [-0.1, -0.05) is 0 Å². The molecule has 35 heavy (non-hydrogen) atoms. The zero-order chi connectivity index (χ0) is 22.5. The summed E-state index contributed by atoms with van der Waals surface area (Å²) in [6.07, 6.45) is 0. The lowest BCUT2D eigenvalue weighted by atomic mass is 14.0. The van der Waals surface area contributed by atoms with Crippen LogP contribution in [0.25, 0.3) is 0 Å². The highest BCUT2D eigenvalue weighted by atomic mass is 31.2. The van der Waals surface area contributed by atoms with E-state index in [1.807, 2.05) is 0 Å². The van der Waals surface area contributed by atoms with Crippen molar-refractivity contribution in [3.63, 3.8) is 0 Å². The zero-order valence-electron chi connectivity index (χ0n) is 20.6.